The Morgan fingerprint density at radius 2 is 2.03 bits per heavy atom. The number of aryl methyl sites for hydroxylation is 1. The normalized spacial score (nSPS) is 13.7. The molecule has 0 fully saturated rings. The van der Waals surface area contributed by atoms with Crippen molar-refractivity contribution >= 4 is 28.0 Å². The maximum Gasteiger partial charge on any atom is 0.418 e. The lowest BCUT2D eigenvalue weighted by Crippen LogP contribution is -2.54. The molecule has 0 amide bonds. The number of rotatable bonds is 4. The van der Waals surface area contributed by atoms with Gasteiger partial charge in [0.15, 0.2) is 0 Å². The van der Waals surface area contributed by atoms with E-state index in [4.69, 9.17) is 10.00 Å². The molecule has 0 aliphatic heterocycles. The van der Waals surface area contributed by atoms with Crippen LogP contribution in [0.25, 0.3) is 21.9 Å². The molecule has 1 atom stereocenters. The zero-order valence-corrected chi connectivity index (χ0v) is 17.7. The van der Waals surface area contributed by atoms with Gasteiger partial charge in [0.1, 0.15) is 11.6 Å². The lowest BCUT2D eigenvalue weighted by Gasteiger charge is -2.35. The average molecular weight is 457 g/mol. The number of nitriles is 1. The van der Waals surface area contributed by atoms with E-state index in [1.807, 2.05) is 6.07 Å². The predicted octanol–water partition coefficient (Wildman–Crippen LogP) is 4.26. The van der Waals surface area contributed by atoms with Crippen LogP contribution in [0, 0.1) is 18.3 Å². The van der Waals surface area contributed by atoms with E-state index < -0.39 is 23.6 Å². The minimum absolute atomic E-state index is 0.0408. The molecule has 0 saturated carbocycles. The van der Waals surface area contributed by atoms with Crippen LogP contribution in [0.3, 0.4) is 0 Å². The van der Waals surface area contributed by atoms with Gasteiger partial charge < -0.3 is 14.8 Å². The summed E-state index contributed by atoms with van der Waals surface area (Å²) in [6, 6.07) is 8.93. The maximum absolute atomic E-state index is 15.0. The van der Waals surface area contributed by atoms with Gasteiger partial charge in [0, 0.05) is 17.1 Å². The predicted molar refractivity (Wildman–Crippen MR) is 113 cm³/mol. The first kappa shape index (κ1) is 22.2. The Balaban J connectivity index is 2.17. The van der Waals surface area contributed by atoms with Crippen molar-refractivity contribution in [3.8, 4) is 11.8 Å². The number of nitrogens with one attached hydrogen (secondary N) is 2. The number of imidazole rings is 1. The molecule has 0 spiro atoms. The van der Waals surface area contributed by atoms with Crippen molar-refractivity contribution in [3.05, 3.63) is 59.0 Å². The van der Waals surface area contributed by atoms with Crippen molar-refractivity contribution in [1.29, 1.82) is 5.26 Å². The number of fused-ring (bicyclic) bond motifs is 2. The molecule has 0 radical (unpaired) electrons. The number of H-pyrrole nitrogens is 1. The van der Waals surface area contributed by atoms with Gasteiger partial charge >= 0.3 is 12.3 Å². The number of halogens is 3. The van der Waals surface area contributed by atoms with Gasteiger partial charge in [-0.1, -0.05) is 0 Å². The molecule has 170 valence electrons. The monoisotopic (exact) mass is 457 g/mol. The summed E-state index contributed by atoms with van der Waals surface area (Å²) in [5.74, 6) is -0.567. The van der Waals surface area contributed by atoms with Crippen molar-refractivity contribution in [1.82, 2.24) is 19.9 Å². The number of carbonyl (C=O) groups is 1. The van der Waals surface area contributed by atoms with Crippen molar-refractivity contribution in [2.24, 2.45) is 0 Å². The third-order valence-corrected chi connectivity index (χ3v) is 5.69. The van der Waals surface area contributed by atoms with Crippen LogP contribution < -0.4 is 10.1 Å². The van der Waals surface area contributed by atoms with E-state index in [1.54, 1.807) is 6.92 Å². The van der Waals surface area contributed by atoms with Gasteiger partial charge in [-0.05, 0) is 49.9 Å². The fraction of sp³-hybridized carbons (Fsp3) is 0.227. The molecule has 0 saturated heterocycles. The standard InChI is InChI=1S/C22H18F3N5O3/c1-11-8-16(33-3)17(13-6-7-30(18(11)13)20(31)32)21(27-2,22(23,24)25)19-28-14-5-4-12(10-26)9-15(14)29-19/h4-9,27H,1-3H3,(H,28,29)(H,31,32). The second kappa shape index (κ2) is 7.53. The summed E-state index contributed by atoms with van der Waals surface area (Å²) in [6.07, 6.45) is -5.08. The average Bonchev–Trinajstić information content (AvgIpc) is 3.39. The fourth-order valence-electron chi connectivity index (χ4n) is 4.25. The molecule has 2 heterocycles. The minimum atomic E-state index is -4.94. The largest absolute Gasteiger partial charge is 0.496 e. The van der Waals surface area contributed by atoms with Crippen molar-refractivity contribution in [2.75, 3.05) is 14.2 Å². The Morgan fingerprint density at radius 3 is 2.61 bits per heavy atom. The second-order valence-corrected chi connectivity index (χ2v) is 7.43. The Labute approximate surface area is 185 Å². The maximum atomic E-state index is 15.0. The van der Waals surface area contributed by atoms with Gasteiger partial charge in [-0.2, -0.15) is 18.4 Å². The summed E-state index contributed by atoms with van der Waals surface area (Å²) in [4.78, 5) is 18.6. The first-order chi connectivity index (χ1) is 15.6. The molecule has 0 bridgehead atoms. The number of carboxylic acid groups (broad SMARTS) is 1. The van der Waals surface area contributed by atoms with Crippen molar-refractivity contribution < 1.29 is 27.8 Å². The van der Waals surface area contributed by atoms with E-state index in [1.165, 1.54) is 43.6 Å². The lowest BCUT2D eigenvalue weighted by atomic mass is 9.84. The Morgan fingerprint density at radius 1 is 1.30 bits per heavy atom. The van der Waals surface area contributed by atoms with Gasteiger partial charge in [0.2, 0.25) is 5.54 Å². The van der Waals surface area contributed by atoms with Crippen LogP contribution in [0.5, 0.6) is 5.75 Å². The number of methoxy groups -OCH3 is 1. The number of hydrogen-bond acceptors (Lipinski definition) is 5. The number of aromatic nitrogens is 3. The molecule has 1 unspecified atom stereocenters. The molecule has 2 aromatic carbocycles. The highest BCUT2D eigenvalue weighted by molar-refractivity contribution is 5.95. The van der Waals surface area contributed by atoms with E-state index >= 15 is 0 Å². The van der Waals surface area contributed by atoms with E-state index in [-0.39, 0.29) is 38.8 Å². The van der Waals surface area contributed by atoms with Crippen LogP contribution in [-0.4, -0.2) is 46.1 Å². The number of nitrogens with zero attached hydrogens (tertiary/aromatic N) is 3. The van der Waals surface area contributed by atoms with Crippen molar-refractivity contribution in [3.63, 3.8) is 0 Å². The molecule has 11 heteroatoms. The summed E-state index contributed by atoms with van der Waals surface area (Å²) in [7, 11) is 2.38. The molecule has 0 aliphatic rings. The molecular weight excluding hydrogens is 439 g/mol. The van der Waals surface area contributed by atoms with Crippen molar-refractivity contribution in [2.45, 2.75) is 18.6 Å². The van der Waals surface area contributed by atoms with Crippen LogP contribution in [0.15, 0.2) is 36.5 Å². The molecular formula is C22H18F3N5O3. The quantitative estimate of drug-likeness (QED) is 0.422. The summed E-state index contributed by atoms with van der Waals surface area (Å²) in [6.45, 7) is 1.59. The van der Waals surface area contributed by atoms with Crippen LogP contribution in [0.4, 0.5) is 18.0 Å². The van der Waals surface area contributed by atoms with Gasteiger partial charge in [0.05, 0.1) is 35.3 Å². The fourth-order valence-corrected chi connectivity index (χ4v) is 4.25. The van der Waals surface area contributed by atoms with E-state index in [9.17, 15) is 23.1 Å². The number of aromatic amines is 1. The topological polar surface area (TPSA) is 116 Å². The summed E-state index contributed by atoms with van der Waals surface area (Å²) >= 11 is 0. The Kier molecular flexibility index (Phi) is 5.06. The van der Waals surface area contributed by atoms with Gasteiger partial charge in [0.25, 0.3) is 0 Å². The molecule has 0 aliphatic carbocycles. The summed E-state index contributed by atoms with van der Waals surface area (Å²) in [5.41, 5.74) is -1.95. The first-order valence-electron chi connectivity index (χ1n) is 9.67. The highest BCUT2D eigenvalue weighted by Crippen LogP contribution is 2.50. The van der Waals surface area contributed by atoms with Crippen LogP contribution in [0.2, 0.25) is 0 Å². The molecule has 4 aromatic rings. The van der Waals surface area contributed by atoms with Gasteiger partial charge in [-0.15, -0.1) is 0 Å². The van der Waals surface area contributed by atoms with Crippen LogP contribution in [-0.2, 0) is 5.54 Å². The molecule has 8 nitrogen and oxygen atoms in total. The zero-order valence-electron chi connectivity index (χ0n) is 17.7. The highest BCUT2D eigenvalue weighted by Gasteiger charge is 2.60. The molecule has 33 heavy (non-hydrogen) atoms. The third-order valence-electron chi connectivity index (χ3n) is 5.69. The molecule has 3 N–H and O–H groups in total. The van der Waals surface area contributed by atoms with Gasteiger partial charge in [-0.25, -0.2) is 9.78 Å². The van der Waals surface area contributed by atoms with E-state index in [0.29, 0.717) is 5.56 Å². The smallest absolute Gasteiger partial charge is 0.418 e. The van der Waals surface area contributed by atoms with Crippen LogP contribution in [0.1, 0.15) is 22.5 Å². The zero-order chi connectivity index (χ0) is 24.1. The minimum Gasteiger partial charge on any atom is -0.496 e. The van der Waals surface area contributed by atoms with E-state index in [0.717, 1.165) is 11.6 Å². The number of benzene rings is 2. The first-order valence-corrected chi connectivity index (χ1v) is 9.67. The number of alkyl halides is 3. The third kappa shape index (κ3) is 3.10. The second-order valence-electron chi connectivity index (χ2n) is 7.43. The van der Waals surface area contributed by atoms with Crippen LogP contribution >= 0.6 is 0 Å². The number of ether oxygens (including phenoxy) is 1. The Bertz CT molecular complexity index is 1450. The highest BCUT2D eigenvalue weighted by atomic mass is 19.4. The molecule has 4 rings (SSSR count). The molecule has 2 aromatic heterocycles. The number of hydrogen-bond donors (Lipinski definition) is 3. The SMILES string of the molecule is CNC(c1nc2ccc(C#N)cc2[nH]1)(c1c(OC)cc(C)c2c1ccn2C(=O)O)C(F)(F)F. The summed E-state index contributed by atoms with van der Waals surface area (Å²) < 4.78 is 51.2. The Hall–Kier alpha value is -4.04. The van der Waals surface area contributed by atoms with E-state index in [2.05, 4.69) is 15.3 Å². The lowest BCUT2D eigenvalue weighted by molar-refractivity contribution is -0.187. The summed E-state index contributed by atoms with van der Waals surface area (Å²) in [5, 5.41) is 21.1. The van der Waals surface area contributed by atoms with Gasteiger partial charge in [-0.3, -0.25) is 9.88 Å².